The predicted octanol–water partition coefficient (Wildman–Crippen LogP) is 3.34. The maximum absolute atomic E-state index is 11.8. The SMILES string of the molecule is O=C(NCc1ccc(-c2ccccc2)s1)C1=COCC1. The number of nitrogens with one attached hydrogen (secondary N) is 1. The van der Waals surface area contributed by atoms with Gasteiger partial charge < -0.3 is 10.1 Å². The zero-order valence-electron chi connectivity index (χ0n) is 11.0. The van der Waals surface area contributed by atoms with Crippen molar-refractivity contribution in [1.82, 2.24) is 5.32 Å². The standard InChI is InChI=1S/C16H15NO2S/c18-16(13-8-9-19-11-13)17-10-14-6-7-15(20-14)12-4-2-1-3-5-12/h1-7,11H,8-10H2,(H,17,18). The average Bonchev–Trinajstić information content (AvgIpc) is 3.17. The molecule has 0 unspecified atom stereocenters. The molecule has 0 atom stereocenters. The second-order valence-electron chi connectivity index (χ2n) is 4.58. The molecule has 102 valence electrons. The molecule has 1 aliphatic rings. The second-order valence-corrected chi connectivity index (χ2v) is 5.75. The van der Waals surface area contributed by atoms with Gasteiger partial charge in [0.2, 0.25) is 0 Å². The number of carbonyl (C=O) groups is 1. The third-order valence-corrected chi connectivity index (χ3v) is 4.28. The first kappa shape index (κ1) is 12.9. The largest absolute Gasteiger partial charge is 0.500 e. The van der Waals surface area contributed by atoms with E-state index in [0.29, 0.717) is 19.6 Å². The molecule has 0 bridgehead atoms. The molecule has 0 saturated heterocycles. The summed E-state index contributed by atoms with van der Waals surface area (Å²) in [5.74, 6) is -0.0304. The summed E-state index contributed by atoms with van der Waals surface area (Å²) in [5.41, 5.74) is 1.94. The molecule has 3 rings (SSSR count). The van der Waals surface area contributed by atoms with Crippen molar-refractivity contribution in [3.8, 4) is 10.4 Å². The molecule has 20 heavy (non-hydrogen) atoms. The molecular formula is C16H15NO2S. The molecule has 1 aliphatic heterocycles. The summed E-state index contributed by atoms with van der Waals surface area (Å²) in [4.78, 5) is 14.2. The van der Waals surface area contributed by atoms with Crippen molar-refractivity contribution in [2.75, 3.05) is 6.61 Å². The number of ether oxygens (including phenoxy) is 1. The van der Waals surface area contributed by atoms with E-state index in [1.165, 1.54) is 10.4 Å². The minimum atomic E-state index is -0.0304. The summed E-state index contributed by atoms with van der Waals surface area (Å²) in [7, 11) is 0. The lowest BCUT2D eigenvalue weighted by molar-refractivity contribution is -0.117. The molecule has 1 N–H and O–H groups in total. The van der Waals surface area contributed by atoms with Gasteiger partial charge in [-0.25, -0.2) is 0 Å². The normalized spacial score (nSPS) is 13.7. The summed E-state index contributed by atoms with van der Waals surface area (Å²) in [6.45, 7) is 1.17. The molecule has 3 nitrogen and oxygen atoms in total. The molecule has 0 aliphatic carbocycles. The van der Waals surface area contributed by atoms with Crippen LogP contribution in [0.25, 0.3) is 10.4 Å². The zero-order valence-corrected chi connectivity index (χ0v) is 11.8. The van der Waals surface area contributed by atoms with Gasteiger partial charge in [0.1, 0.15) is 0 Å². The van der Waals surface area contributed by atoms with Crippen molar-refractivity contribution in [2.45, 2.75) is 13.0 Å². The van der Waals surface area contributed by atoms with Gasteiger partial charge >= 0.3 is 0 Å². The van der Waals surface area contributed by atoms with Crippen molar-refractivity contribution in [2.24, 2.45) is 0 Å². The van der Waals surface area contributed by atoms with E-state index in [1.54, 1.807) is 17.6 Å². The number of hydrogen-bond acceptors (Lipinski definition) is 3. The Hall–Kier alpha value is -2.07. The Kier molecular flexibility index (Phi) is 3.83. The second kappa shape index (κ2) is 5.92. The van der Waals surface area contributed by atoms with Crippen LogP contribution in [0.15, 0.2) is 54.3 Å². The third-order valence-electron chi connectivity index (χ3n) is 3.15. The minimum absolute atomic E-state index is 0.0304. The number of amides is 1. The summed E-state index contributed by atoms with van der Waals surface area (Å²) < 4.78 is 5.07. The molecule has 1 aromatic heterocycles. The number of benzene rings is 1. The quantitative estimate of drug-likeness (QED) is 0.935. The van der Waals surface area contributed by atoms with Crippen LogP contribution in [0.3, 0.4) is 0 Å². The van der Waals surface area contributed by atoms with Crippen LogP contribution in [0.1, 0.15) is 11.3 Å². The zero-order chi connectivity index (χ0) is 13.8. The van der Waals surface area contributed by atoms with E-state index in [2.05, 4.69) is 29.6 Å². The molecule has 2 aromatic rings. The molecule has 0 spiro atoms. The molecule has 0 fully saturated rings. The van der Waals surface area contributed by atoms with Crippen molar-refractivity contribution in [3.63, 3.8) is 0 Å². The molecule has 1 aromatic carbocycles. The Labute approximate surface area is 121 Å². The van der Waals surface area contributed by atoms with Crippen molar-refractivity contribution in [1.29, 1.82) is 0 Å². The Morgan fingerprint density at radius 3 is 2.80 bits per heavy atom. The maximum atomic E-state index is 11.8. The predicted molar refractivity (Wildman–Crippen MR) is 80.3 cm³/mol. The summed E-state index contributed by atoms with van der Waals surface area (Å²) >= 11 is 1.71. The van der Waals surface area contributed by atoms with Gasteiger partial charge in [-0.2, -0.15) is 0 Å². The van der Waals surface area contributed by atoms with E-state index in [0.717, 1.165) is 10.5 Å². The van der Waals surface area contributed by atoms with Gasteiger partial charge in [0.05, 0.1) is 25.0 Å². The van der Waals surface area contributed by atoms with Gasteiger partial charge in [-0.05, 0) is 17.7 Å². The van der Waals surface area contributed by atoms with Gasteiger partial charge in [0.25, 0.3) is 5.91 Å². The van der Waals surface area contributed by atoms with Crippen LogP contribution < -0.4 is 5.32 Å². The van der Waals surface area contributed by atoms with Crippen molar-refractivity contribution in [3.05, 3.63) is 59.2 Å². The van der Waals surface area contributed by atoms with Crippen molar-refractivity contribution < 1.29 is 9.53 Å². The van der Waals surface area contributed by atoms with Crippen LogP contribution in [0, 0.1) is 0 Å². The lowest BCUT2D eigenvalue weighted by Crippen LogP contribution is -2.23. The first-order valence-electron chi connectivity index (χ1n) is 6.56. The summed E-state index contributed by atoms with van der Waals surface area (Å²) in [6, 6.07) is 14.4. The molecular weight excluding hydrogens is 270 g/mol. The highest BCUT2D eigenvalue weighted by atomic mass is 32.1. The number of hydrogen-bond donors (Lipinski definition) is 1. The Morgan fingerprint density at radius 2 is 2.05 bits per heavy atom. The number of carbonyl (C=O) groups excluding carboxylic acids is 1. The lowest BCUT2D eigenvalue weighted by Gasteiger charge is -2.02. The number of rotatable bonds is 4. The minimum Gasteiger partial charge on any atom is -0.500 e. The van der Waals surface area contributed by atoms with E-state index in [-0.39, 0.29) is 5.91 Å². The van der Waals surface area contributed by atoms with E-state index in [1.807, 2.05) is 18.2 Å². The fraction of sp³-hybridized carbons (Fsp3) is 0.188. The molecule has 0 radical (unpaired) electrons. The summed E-state index contributed by atoms with van der Waals surface area (Å²) in [5, 5.41) is 2.93. The fourth-order valence-corrected chi connectivity index (χ4v) is 3.02. The molecule has 2 heterocycles. The summed E-state index contributed by atoms with van der Waals surface area (Å²) in [6.07, 6.45) is 2.25. The first-order valence-corrected chi connectivity index (χ1v) is 7.37. The third kappa shape index (κ3) is 2.91. The Morgan fingerprint density at radius 1 is 1.20 bits per heavy atom. The smallest absolute Gasteiger partial charge is 0.250 e. The van der Waals surface area contributed by atoms with Crippen LogP contribution in [-0.2, 0) is 16.1 Å². The topological polar surface area (TPSA) is 38.3 Å². The molecule has 1 amide bonds. The van der Waals surface area contributed by atoms with Crippen LogP contribution in [-0.4, -0.2) is 12.5 Å². The van der Waals surface area contributed by atoms with Crippen LogP contribution >= 0.6 is 11.3 Å². The highest BCUT2D eigenvalue weighted by molar-refractivity contribution is 7.15. The average molecular weight is 285 g/mol. The molecule has 0 saturated carbocycles. The van der Waals surface area contributed by atoms with E-state index in [4.69, 9.17) is 4.74 Å². The van der Waals surface area contributed by atoms with Gasteiger partial charge in [0.15, 0.2) is 0 Å². The lowest BCUT2D eigenvalue weighted by atomic mass is 10.2. The van der Waals surface area contributed by atoms with E-state index < -0.39 is 0 Å². The van der Waals surface area contributed by atoms with Gasteiger partial charge in [-0.1, -0.05) is 30.3 Å². The van der Waals surface area contributed by atoms with E-state index in [9.17, 15) is 4.79 Å². The highest BCUT2D eigenvalue weighted by Gasteiger charge is 2.14. The van der Waals surface area contributed by atoms with Crippen molar-refractivity contribution >= 4 is 17.2 Å². The maximum Gasteiger partial charge on any atom is 0.250 e. The van der Waals surface area contributed by atoms with Crippen LogP contribution in [0.4, 0.5) is 0 Å². The van der Waals surface area contributed by atoms with E-state index >= 15 is 0 Å². The van der Waals surface area contributed by atoms with Crippen LogP contribution in [0.5, 0.6) is 0 Å². The fourth-order valence-electron chi connectivity index (χ4n) is 2.07. The first-order chi connectivity index (χ1) is 9.83. The Balaban J connectivity index is 1.62. The highest BCUT2D eigenvalue weighted by Crippen LogP contribution is 2.27. The van der Waals surface area contributed by atoms with Gasteiger partial charge in [0, 0.05) is 16.2 Å². The Bertz CT molecular complexity index is 631. The monoisotopic (exact) mass is 285 g/mol. The van der Waals surface area contributed by atoms with Gasteiger partial charge in [-0.3, -0.25) is 4.79 Å². The number of thiophene rings is 1. The van der Waals surface area contributed by atoms with Gasteiger partial charge in [-0.15, -0.1) is 11.3 Å². The van der Waals surface area contributed by atoms with Crippen LogP contribution in [0.2, 0.25) is 0 Å². The molecule has 4 heteroatoms.